The first-order chi connectivity index (χ1) is 13.4. The third-order valence-corrected chi connectivity index (χ3v) is 5.90. The van der Waals surface area contributed by atoms with Crippen molar-refractivity contribution in [2.24, 2.45) is 5.92 Å². The average molecular weight is 380 g/mol. The summed E-state index contributed by atoms with van der Waals surface area (Å²) in [6, 6.07) is 4.05. The second kappa shape index (κ2) is 7.15. The van der Waals surface area contributed by atoms with Gasteiger partial charge in [0.2, 0.25) is 0 Å². The number of fused-ring (bicyclic) bond motifs is 2. The minimum Gasteiger partial charge on any atom is -0.322 e. The van der Waals surface area contributed by atoms with E-state index < -0.39 is 5.69 Å². The zero-order chi connectivity index (χ0) is 20.0. The molecule has 6 nitrogen and oxygen atoms in total. The Morgan fingerprint density at radius 3 is 2.39 bits per heavy atom. The summed E-state index contributed by atoms with van der Waals surface area (Å²) in [5.74, 6) is 0.754. The lowest BCUT2D eigenvalue weighted by atomic mass is 9.95. The molecule has 1 aromatic carbocycles. The Hall–Kier alpha value is -2.50. The Labute approximate surface area is 164 Å². The van der Waals surface area contributed by atoms with Crippen LogP contribution in [0.1, 0.15) is 63.1 Å². The molecule has 2 aliphatic heterocycles. The highest BCUT2D eigenvalue weighted by Gasteiger charge is 2.26. The Morgan fingerprint density at radius 2 is 1.71 bits per heavy atom. The molecule has 0 atom stereocenters. The molecule has 0 radical (unpaired) electrons. The van der Waals surface area contributed by atoms with Crippen molar-refractivity contribution in [2.45, 2.75) is 72.4 Å². The minimum atomic E-state index is -0.438. The van der Waals surface area contributed by atoms with Crippen LogP contribution in [0.4, 0.5) is 0 Å². The summed E-state index contributed by atoms with van der Waals surface area (Å²) in [7, 11) is 0. The van der Waals surface area contributed by atoms with Crippen LogP contribution in [0.5, 0.6) is 0 Å². The van der Waals surface area contributed by atoms with Gasteiger partial charge in [0, 0.05) is 12.6 Å². The van der Waals surface area contributed by atoms with Crippen molar-refractivity contribution in [1.29, 1.82) is 0 Å². The first kappa shape index (κ1) is 18.8. The zero-order valence-electron chi connectivity index (χ0n) is 17.2. The Kier molecular flexibility index (Phi) is 4.81. The summed E-state index contributed by atoms with van der Waals surface area (Å²) in [4.78, 5) is 35.3. The van der Waals surface area contributed by atoms with Crippen molar-refractivity contribution in [2.75, 3.05) is 0 Å². The van der Waals surface area contributed by atoms with E-state index in [0.717, 1.165) is 54.3 Å². The number of hydrogen-bond donors (Lipinski definition) is 0. The van der Waals surface area contributed by atoms with E-state index in [0.29, 0.717) is 24.0 Å². The second-order valence-electron chi connectivity index (χ2n) is 8.58. The molecule has 1 saturated carbocycles. The van der Waals surface area contributed by atoms with Crippen molar-refractivity contribution in [1.82, 2.24) is 19.1 Å². The van der Waals surface area contributed by atoms with Crippen LogP contribution in [-0.2, 0) is 6.54 Å². The van der Waals surface area contributed by atoms with E-state index >= 15 is 0 Å². The first-order valence-electron chi connectivity index (χ1n) is 10.3. The summed E-state index contributed by atoms with van der Waals surface area (Å²) in [6.07, 6.45) is 4.98. The van der Waals surface area contributed by atoms with Gasteiger partial charge >= 0.3 is 5.69 Å². The fourth-order valence-electron chi connectivity index (χ4n) is 4.32. The highest BCUT2D eigenvalue weighted by atomic mass is 16.2. The molecule has 28 heavy (non-hydrogen) atoms. The molecule has 0 amide bonds. The molecule has 1 aromatic rings. The van der Waals surface area contributed by atoms with Crippen LogP contribution in [0, 0.1) is 19.8 Å². The van der Waals surface area contributed by atoms with E-state index in [1.54, 1.807) is 0 Å². The summed E-state index contributed by atoms with van der Waals surface area (Å²) in [5.41, 5.74) is 3.57. The van der Waals surface area contributed by atoms with E-state index in [1.807, 2.05) is 17.6 Å². The average Bonchev–Trinajstić information content (AvgIpc) is 2.65. The third-order valence-electron chi connectivity index (χ3n) is 5.90. The largest absolute Gasteiger partial charge is 0.352 e. The molecule has 0 aromatic heterocycles. The summed E-state index contributed by atoms with van der Waals surface area (Å²) < 4.78 is 3.36. The number of aromatic nitrogens is 4. The van der Waals surface area contributed by atoms with Crippen molar-refractivity contribution in [3.8, 4) is 11.5 Å². The molecule has 6 heteroatoms. The van der Waals surface area contributed by atoms with Gasteiger partial charge in [-0.2, -0.15) is 4.98 Å². The van der Waals surface area contributed by atoms with E-state index in [9.17, 15) is 9.59 Å². The number of rotatable bonds is 3. The van der Waals surface area contributed by atoms with Crippen LogP contribution in [0.2, 0.25) is 0 Å². The van der Waals surface area contributed by atoms with E-state index in [2.05, 4.69) is 36.8 Å². The Morgan fingerprint density at radius 1 is 1.04 bits per heavy atom. The van der Waals surface area contributed by atoms with Gasteiger partial charge in [0.1, 0.15) is 0 Å². The van der Waals surface area contributed by atoms with Crippen molar-refractivity contribution in [3.05, 3.63) is 44.1 Å². The van der Waals surface area contributed by atoms with Crippen molar-refractivity contribution in [3.63, 3.8) is 0 Å². The Balaban J connectivity index is 2.06. The van der Waals surface area contributed by atoms with Gasteiger partial charge in [-0.05, 0) is 55.9 Å². The maximum Gasteiger partial charge on any atom is 0.352 e. The molecule has 4 rings (SSSR count). The molecule has 0 N–H and O–H groups in total. The topological polar surface area (TPSA) is 69.8 Å². The molecule has 0 bridgehead atoms. The van der Waals surface area contributed by atoms with Gasteiger partial charge in [-0.1, -0.05) is 33.1 Å². The molecule has 0 unspecified atom stereocenters. The lowest BCUT2D eigenvalue weighted by Gasteiger charge is -2.25. The van der Waals surface area contributed by atoms with Crippen LogP contribution < -0.4 is 11.2 Å². The lowest BCUT2D eigenvalue weighted by molar-refractivity contribution is 0.335. The van der Waals surface area contributed by atoms with Gasteiger partial charge in [0.15, 0.2) is 11.5 Å². The smallest absolute Gasteiger partial charge is 0.322 e. The van der Waals surface area contributed by atoms with E-state index in [-0.39, 0.29) is 11.6 Å². The molecular weight excluding hydrogens is 352 g/mol. The van der Waals surface area contributed by atoms with Crippen LogP contribution >= 0.6 is 0 Å². The summed E-state index contributed by atoms with van der Waals surface area (Å²) in [5, 5.41) is 0. The molecule has 1 fully saturated rings. The standard InChI is InChI=1S/C22H28N4O2/c1-13(2)12-25-18-11-15(4)14(3)10-17(18)23-19-20(25)24-22(28)26(21(19)27)16-8-6-5-7-9-16/h10-11,13,16H,5-9,12H2,1-4H3. The molecule has 0 saturated heterocycles. The fraction of sp³-hybridized carbons (Fsp3) is 0.545. The number of benzene rings is 1. The molecule has 148 valence electrons. The highest BCUT2D eigenvalue weighted by Crippen LogP contribution is 2.28. The van der Waals surface area contributed by atoms with Crippen molar-refractivity contribution >= 4 is 11.0 Å². The summed E-state index contributed by atoms with van der Waals surface area (Å²) >= 11 is 0. The van der Waals surface area contributed by atoms with Crippen LogP contribution in [0.25, 0.3) is 22.6 Å². The number of aryl methyl sites for hydroxylation is 2. The fourth-order valence-corrected chi connectivity index (χ4v) is 4.32. The predicted molar refractivity (Wildman–Crippen MR) is 111 cm³/mol. The molecular formula is C22H28N4O2. The van der Waals surface area contributed by atoms with E-state index in [1.165, 1.54) is 4.57 Å². The van der Waals surface area contributed by atoms with Gasteiger partial charge < -0.3 is 4.57 Å². The van der Waals surface area contributed by atoms with Gasteiger partial charge in [-0.3, -0.25) is 9.36 Å². The second-order valence-corrected chi connectivity index (χ2v) is 8.58. The predicted octanol–water partition coefficient (Wildman–Crippen LogP) is 3.84. The summed E-state index contributed by atoms with van der Waals surface area (Å²) in [6.45, 7) is 9.03. The molecule has 2 heterocycles. The van der Waals surface area contributed by atoms with Gasteiger partial charge in [-0.25, -0.2) is 9.78 Å². The SMILES string of the molecule is Cc1cc2nc3c(=O)n(C4CCCCC4)c(=O)nc-3n(CC(C)C)c2cc1C. The van der Waals surface area contributed by atoms with Crippen LogP contribution in [-0.4, -0.2) is 19.1 Å². The quantitative estimate of drug-likeness (QED) is 0.648. The van der Waals surface area contributed by atoms with Gasteiger partial charge in [0.25, 0.3) is 5.56 Å². The highest BCUT2D eigenvalue weighted by molar-refractivity contribution is 5.81. The van der Waals surface area contributed by atoms with Crippen LogP contribution in [0.3, 0.4) is 0 Å². The normalized spacial score (nSPS) is 15.8. The Bertz CT molecular complexity index is 1120. The van der Waals surface area contributed by atoms with Gasteiger partial charge in [-0.15, -0.1) is 0 Å². The molecule has 0 spiro atoms. The molecule has 3 aliphatic rings. The minimum absolute atomic E-state index is 0.0542. The zero-order valence-corrected chi connectivity index (χ0v) is 17.2. The lowest BCUT2D eigenvalue weighted by Crippen LogP contribution is -2.41. The monoisotopic (exact) mass is 380 g/mol. The van der Waals surface area contributed by atoms with E-state index in [4.69, 9.17) is 0 Å². The maximum atomic E-state index is 13.3. The van der Waals surface area contributed by atoms with Gasteiger partial charge in [0.05, 0.1) is 11.0 Å². The molecule has 1 aliphatic carbocycles. The van der Waals surface area contributed by atoms with Crippen molar-refractivity contribution < 1.29 is 0 Å². The van der Waals surface area contributed by atoms with Crippen LogP contribution in [0.15, 0.2) is 21.7 Å². The third kappa shape index (κ3) is 3.15. The first-order valence-corrected chi connectivity index (χ1v) is 10.3. The number of hydrogen-bond acceptors (Lipinski definition) is 4. The maximum absolute atomic E-state index is 13.3. The number of nitrogens with zero attached hydrogens (tertiary/aromatic N) is 4.